The Hall–Kier alpha value is -2.15. The second-order valence-corrected chi connectivity index (χ2v) is 3.97. The number of hydrogen-bond acceptors (Lipinski definition) is 4. The van der Waals surface area contributed by atoms with E-state index in [0.29, 0.717) is 32.3 Å². The van der Waals surface area contributed by atoms with Crippen molar-refractivity contribution in [1.29, 1.82) is 0 Å². The van der Waals surface area contributed by atoms with Crippen LogP contribution >= 0.6 is 0 Å². The van der Waals surface area contributed by atoms with Crippen molar-refractivity contribution < 1.29 is 9.66 Å². The number of nitrogens with zero attached hydrogens (tertiary/aromatic N) is 2. The minimum Gasteiger partial charge on any atom is -0.380 e. The van der Waals surface area contributed by atoms with Gasteiger partial charge in [0.2, 0.25) is 0 Å². The number of rotatable bonds is 7. The fourth-order valence-corrected chi connectivity index (χ4v) is 1.53. The Morgan fingerprint density at radius 3 is 2.60 bits per heavy atom. The largest absolute Gasteiger partial charge is 0.380 e. The first-order valence-corrected chi connectivity index (χ1v) is 6.43. The predicted octanol–water partition coefficient (Wildman–Crippen LogP) is 1.30. The molecule has 0 atom stereocenters. The zero-order chi connectivity index (χ0) is 14.8. The van der Waals surface area contributed by atoms with Gasteiger partial charge in [0.25, 0.3) is 5.69 Å². The van der Waals surface area contributed by atoms with Crippen molar-refractivity contribution in [3.05, 3.63) is 39.9 Å². The monoisotopic (exact) mass is 280 g/mol. The van der Waals surface area contributed by atoms with Crippen molar-refractivity contribution in [2.45, 2.75) is 13.5 Å². The smallest absolute Gasteiger partial charge is 0.269 e. The molecule has 1 aromatic rings. The van der Waals surface area contributed by atoms with Crippen molar-refractivity contribution in [2.24, 2.45) is 4.99 Å². The fourth-order valence-electron chi connectivity index (χ4n) is 1.53. The van der Waals surface area contributed by atoms with Crippen LogP contribution in [-0.4, -0.2) is 37.7 Å². The van der Waals surface area contributed by atoms with Crippen LogP contribution < -0.4 is 10.6 Å². The number of nitro benzene ring substituents is 1. The molecule has 0 radical (unpaired) electrons. The summed E-state index contributed by atoms with van der Waals surface area (Å²) in [5.41, 5.74) is 1.04. The third-order valence-corrected chi connectivity index (χ3v) is 2.57. The molecule has 7 nitrogen and oxygen atoms in total. The maximum Gasteiger partial charge on any atom is 0.269 e. The molecule has 0 heterocycles. The Morgan fingerprint density at radius 2 is 2.05 bits per heavy atom. The van der Waals surface area contributed by atoms with Crippen LogP contribution in [0.3, 0.4) is 0 Å². The lowest BCUT2D eigenvalue weighted by Crippen LogP contribution is -2.38. The maximum absolute atomic E-state index is 10.5. The van der Waals surface area contributed by atoms with Gasteiger partial charge in [-0.25, -0.2) is 0 Å². The molecule has 0 saturated heterocycles. The van der Waals surface area contributed by atoms with Crippen LogP contribution in [-0.2, 0) is 11.3 Å². The van der Waals surface area contributed by atoms with E-state index in [0.717, 1.165) is 5.56 Å². The molecule has 0 amide bonds. The third-order valence-electron chi connectivity index (χ3n) is 2.57. The molecule has 0 spiro atoms. The summed E-state index contributed by atoms with van der Waals surface area (Å²) in [5.74, 6) is 0.669. The Morgan fingerprint density at radius 1 is 1.35 bits per heavy atom. The summed E-state index contributed by atoms with van der Waals surface area (Å²) in [5, 5.41) is 16.8. The summed E-state index contributed by atoms with van der Waals surface area (Å²) < 4.78 is 5.22. The Balaban J connectivity index is 2.38. The highest BCUT2D eigenvalue weighted by Crippen LogP contribution is 2.11. The van der Waals surface area contributed by atoms with Gasteiger partial charge in [0.05, 0.1) is 11.5 Å². The van der Waals surface area contributed by atoms with Crippen LogP contribution in [0.5, 0.6) is 0 Å². The van der Waals surface area contributed by atoms with E-state index in [-0.39, 0.29) is 5.69 Å². The van der Waals surface area contributed by atoms with Gasteiger partial charge in [-0.3, -0.25) is 15.1 Å². The molecule has 20 heavy (non-hydrogen) atoms. The van der Waals surface area contributed by atoms with Gasteiger partial charge in [-0.15, -0.1) is 0 Å². The van der Waals surface area contributed by atoms with Crippen LogP contribution in [0.1, 0.15) is 12.5 Å². The summed E-state index contributed by atoms with van der Waals surface area (Å²) in [6.45, 7) is 4.48. The highest BCUT2D eigenvalue weighted by Gasteiger charge is 2.04. The first kappa shape index (κ1) is 15.9. The lowest BCUT2D eigenvalue weighted by molar-refractivity contribution is -0.384. The minimum absolute atomic E-state index is 0.0907. The Bertz CT molecular complexity index is 445. The predicted molar refractivity (Wildman–Crippen MR) is 77.8 cm³/mol. The maximum atomic E-state index is 10.5. The second-order valence-electron chi connectivity index (χ2n) is 3.97. The standard InChI is InChI=1S/C13H20N4O3/c1-3-20-9-8-15-13(14-2)16-10-11-4-6-12(7-5-11)17(18)19/h4-7H,3,8-10H2,1-2H3,(H2,14,15,16). The summed E-state index contributed by atoms with van der Waals surface area (Å²) in [7, 11) is 1.69. The summed E-state index contributed by atoms with van der Waals surface area (Å²) in [6, 6.07) is 6.42. The van der Waals surface area contributed by atoms with Gasteiger partial charge >= 0.3 is 0 Å². The van der Waals surface area contributed by atoms with Crippen molar-refractivity contribution in [3.8, 4) is 0 Å². The van der Waals surface area contributed by atoms with E-state index in [1.165, 1.54) is 12.1 Å². The van der Waals surface area contributed by atoms with Gasteiger partial charge < -0.3 is 15.4 Å². The molecule has 0 aliphatic carbocycles. The molecule has 0 aromatic heterocycles. The lowest BCUT2D eigenvalue weighted by Gasteiger charge is -2.11. The van der Waals surface area contributed by atoms with Gasteiger partial charge in [-0.2, -0.15) is 0 Å². The second kappa shape index (κ2) is 8.87. The van der Waals surface area contributed by atoms with Crippen LogP contribution in [0.2, 0.25) is 0 Å². The molecule has 0 fully saturated rings. The van der Waals surface area contributed by atoms with Gasteiger partial charge in [-0.05, 0) is 12.5 Å². The highest BCUT2D eigenvalue weighted by molar-refractivity contribution is 5.79. The molecule has 0 aliphatic rings. The molecule has 110 valence electrons. The highest BCUT2D eigenvalue weighted by atomic mass is 16.6. The number of benzene rings is 1. The molecule has 7 heteroatoms. The zero-order valence-electron chi connectivity index (χ0n) is 11.8. The molecule has 1 rings (SSSR count). The molecule has 0 unspecified atom stereocenters. The molecule has 0 aliphatic heterocycles. The Labute approximate surface area is 118 Å². The first-order valence-electron chi connectivity index (χ1n) is 6.43. The SMILES string of the molecule is CCOCCNC(=NC)NCc1ccc([N+](=O)[O-])cc1. The van der Waals surface area contributed by atoms with Crippen molar-refractivity contribution in [3.63, 3.8) is 0 Å². The van der Waals surface area contributed by atoms with Crippen molar-refractivity contribution in [2.75, 3.05) is 26.8 Å². The number of ether oxygens (including phenoxy) is 1. The van der Waals surface area contributed by atoms with Gasteiger partial charge in [-0.1, -0.05) is 12.1 Å². The topological polar surface area (TPSA) is 88.8 Å². The number of non-ortho nitro benzene ring substituents is 1. The third kappa shape index (κ3) is 5.66. The van der Waals surface area contributed by atoms with Gasteiger partial charge in [0, 0.05) is 38.9 Å². The summed E-state index contributed by atoms with van der Waals surface area (Å²) >= 11 is 0. The molecular weight excluding hydrogens is 260 g/mol. The summed E-state index contributed by atoms with van der Waals surface area (Å²) in [6.07, 6.45) is 0. The average molecular weight is 280 g/mol. The molecular formula is C13H20N4O3. The Kier molecular flexibility index (Phi) is 7.05. The molecule has 1 aromatic carbocycles. The van der Waals surface area contributed by atoms with Crippen molar-refractivity contribution >= 4 is 11.6 Å². The van der Waals surface area contributed by atoms with E-state index in [9.17, 15) is 10.1 Å². The number of nitro groups is 1. The van der Waals surface area contributed by atoms with E-state index in [1.54, 1.807) is 19.2 Å². The van der Waals surface area contributed by atoms with Crippen LogP contribution in [0.25, 0.3) is 0 Å². The lowest BCUT2D eigenvalue weighted by atomic mass is 10.2. The van der Waals surface area contributed by atoms with Crippen LogP contribution in [0, 0.1) is 10.1 Å². The van der Waals surface area contributed by atoms with E-state index >= 15 is 0 Å². The minimum atomic E-state index is -0.411. The van der Waals surface area contributed by atoms with E-state index in [1.807, 2.05) is 6.92 Å². The zero-order valence-corrected chi connectivity index (χ0v) is 11.8. The first-order chi connectivity index (χ1) is 9.67. The average Bonchev–Trinajstić information content (AvgIpc) is 2.47. The molecule has 2 N–H and O–H groups in total. The van der Waals surface area contributed by atoms with Crippen LogP contribution in [0.4, 0.5) is 5.69 Å². The van der Waals surface area contributed by atoms with Gasteiger partial charge in [0.1, 0.15) is 0 Å². The number of guanidine groups is 1. The summed E-state index contributed by atoms with van der Waals surface area (Å²) in [4.78, 5) is 14.2. The van der Waals surface area contributed by atoms with Crippen molar-refractivity contribution in [1.82, 2.24) is 10.6 Å². The number of aliphatic imine (C=N–C) groups is 1. The fraction of sp³-hybridized carbons (Fsp3) is 0.462. The van der Waals surface area contributed by atoms with Gasteiger partial charge in [0.15, 0.2) is 5.96 Å². The van der Waals surface area contributed by atoms with E-state index in [2.05, 4.69) is 15.6 Å². The normalized spacial score (nSPS) is 11.2. The van der Waals surface area contributed by atoms with Crippen LogP contribution in [0.15, 0.2) is 29.3 Å². The number of hydrogen-bond donors (Lipinski definition) is 2. The number of nitrogens with one attached hydrogen (secondary N) is 2. The quantitative estimate of drug-likeness (QED) is 0.258. The van der Waals surface area contributed by atoms with E-state index < -0.39 is 4.92 Å². The molecule has 0 saturated carbocycles. The van der Waals surface area contributed by atoms with E-state index in [4.69, 9.17) is 4.74 Å². The molecule has 0 bridgehead atoms.